The van der Waals surface area contributed by atoms with Crippen molar-refractivity contribution in [3.63, 3.8) is 0 Å². The molecule has 20 heteroatoms. The Morgan fingerprint density at radius 2 is 1.38 bits per heavy atom. The van der Waals surface area contributed by atoms with E-state index in [0.717, 1.165) is 17.6 Å². The maximum Gasteiger partial charge on any atom is 1.00 e. The molecule has 5 rings (SSSR count). The Bertz CT molecular complexity index is 2460. The van der Waals surface area contributed by atoms with Gasteiger partial charge in [-0.25, -0.2) is 8.42 Å². The number of fused-ring (bicyclic) bond motifs is 2. The molecule has 2 heterocycles. The number of nitrogens with zero attached hydrogens (tertiary/aromatic N) is 2. The second-order valence-electron chi connectivity index (χ2n) is 15.0. The van der Waals surface area contributed by atoms with Crippen LogP contribution in [0, 0.1) is 0 Å². The van der Waals surface area contributed by atoms with Crippen molar-refractivity contribution in [3.8, 4) is 0 Å². The summed E-state index contributed by atoms with van der Waals surface area (Å²) in [4.78, 5) is 3.11. The van der Waals surface area contributed by atoms with E-state index in [1.54, 1.807) is 6.07 Å². The summed E-state index contributed by atoms with van der Waals surface area (Å²) in [5.74, 6) is -0.967. The molecule has 56 heavy (non-hydrogen) atoms. The van der Waals surface area contributed by atoms with Gasteiger partial charge in [0.25, 0.3) is 30.4 Å². The maximum absolute atomic E-state index is 12.0. The van der Waals surface area contributed by atoms with Crippen molar-refractivity contribution in [1.29, 1.82) is 0 Å². The van der Waals surface area contributed by atoms with Gasteiger partial charge >= 0.3 is 51.4 Å². The molecule has 0 fully saturated rings. The zero-order chi connectivity index (χ0) is 40.9. The smallest absolute Gasteiger partial charge is 0.744 e. The average molecular weight is 900 g/mol. The van der Waals surface area contributed by atoms with Gasteiger partial charge in [-0.2, -0.15) is 25.3 Å². The first-order valence-electron chi connectivity index (χ1n) is 17.4. The normalized spacial score (nSPS) is 21.2. The molecular weight excluding hydrogens is 855 g/mol. The molecule has 0 amide bonds. The van der Waals surface area contributed by atoms with Crippen LogP contribution in [0.3, 0.4) is 0 Å². The van der Waals surface area contributed by atoms with E-state index in [2.05, 4.69) is 0 Å². The van der Waals surface area contributed by atoms with Crippen LogP contribution >= 0.6 is 11.6 Å². The topological polar surface area (TPSA) is 227 Å². The van der Waals surface area contributed by atoms with E-state index in [4.69, 9.17) is 11.6 Å². The molecule has 2 aromatic carbocycles. The second-order valence-corrected chi connectivity index (χ2v) is 21.3. The molecule has 1 unspecified atom stereocenters. The minimum absolute atomic E-state index is 0. The predicted octanol–water partition coefficient (Wildman–Crippen LogP) is 2.70. The van der Waals surface area contributed by atoms with Gasteiger partial charge in [0.05, 0.1) is 27.3 Å². The zero-order valence-electron chi connectivity index (χ0n) is 31.6. The number of rotatable bonds is 13. The molecule has 3 aliphatic rings. The van der Waals surface area contributed by atoms with Crippen LogP contribution in [-0.4, -0.2) is 82.5 Å². The van der Waals surface area contributed by atoms with Gasteiger partial charge in [-0.05, 0) is 96.9 Å². The number of benzene rings is 2. The number of halogens is 1. The first-order chi connectivity index (χ1) is 25.2. The number of hydrogen-bond acceptors (Lipinski definition) is 11. The van der Waals surface area contributed by atoms with Crippen LogP contribution in [0.5, 0.6) is 0 Å². The van der Waals surface area contributed by atoms with Crippen molar-refractivity contribution >= 4 is 63.4 Å². The predicted molar refractivity (Wildman–Crippen MR) is 209 cm³/mol. The molecule has 3 N–H and O–H groups in total. The summed E-state index contributed by atoms with van der Waals surface area (Å²) in [5, 5.41) is 0.491. The first kappa shape index (κ1) is 47.2. The van der Waals surface area contributed by atoms with E-state index in [9.17, 15) is 51.9 Å². The van der Waals surface area contributed by atoms with Gasteiger partial charge in [-0.3, -0.25) is 13.7 Å². The molecule has 2 aromatic rings. The Kier molecular flexibility index (Phi) is 14.6. The quantitative estimate of drug-likeness (QED) is 0.194. The van der Waals surface area contributed by atoms with Crippen molar-refractivity contribution in [3.05, 3.63) is 93.7 Å². The molecular formula is C36H44ClKN2O12S4. The van der Waals surface area contributed by atoms with Gasteiger partial charge in [0.1, 0.15) is 10.1 Å². The Morgan fingerprint density at radius 1 is 0.804 bits per heavy atom. The summed E-state index contributed by atoms with van der Waals surface area (Å²) in [5.41, 5.74) is 3.19. The fraction of sp³-hybridized carbons (Fsp3) is 0.444. The van der Waals surface area contributed by atoms with Crippen molar-refractivity contribution in [2.75, 3.05) is 34.4 Å². The minimum atomic E-state index is -4.75. The van der Waals surface area contributed by atoms with E-state index in [1.165, 1.54) is 30.3 Å². The maximum atomic E-state index is 12.0. The van der Waals surface area contributed by atoms with Gasteiger partial charge in [0.2, 0.25) is 0 Å². The molecule has 0 saturated carbocycles. The first-order valence-corrected chi connectivity index (χ1v) is 23.8. The summed E-state index contributed by atoms with van der Waals surface area (Å²) in [6.45, 7) is 7.90. The number of hydrogen-bond donors (Lipinski definition) is 3. The van der Waals surface area contributed by atoms with E-state index in [-0.39, 0.29) is 87.1 Å². The van der Waals surface area contributed by atoms with E-state index in [1.807, 2.05) is 61.8 Å². The molecule has 0 aromatic heterocycles. The van der Waals surface area contributed by atoms with Crippen LogP contribution < -0.4 is 61.2 Å². The molecule has 14 nitrogen and oxygen atoms in total. The monoisotopic (exact) mass is 898 g/mol. The van der Waals surface area contributed by atoms with E-state index >= 15 is 0 Å². The van der Waals surface area contributed by atoms with Crippen molar-refractivity contribution in [2.45, 2.75) is 86.5 Å². The van der Waals surface area contributed by atoms with Crippen LogP contribution in [0.1, 0.15) is 70.9 Å². The molecule has 0 saturated heterocycles. The fourth-order valence-electron chi connectivity index (χ4n) is 7.71. The molecule has 302 valence electrons. The zero-order valence-corrected chi connectivity index (χ0v) is 38.8. The van der Waals surface area contributed by atoms with Crippen LogP contribution in [0.15, 0.2) is 92.4 Å². The number of anilines is 2. The van der Waals surface area contributed by atoms with Crippen molar-refractivity contribution < 1.29 is 103 Å². The van der Waals surface area contributed by atoms with Crippen LogP contribution in [0.25, 0.3) is 0 Å². The summed E-state index contributed by atoms with van der Waals surface area (Å²) in [6, 6.07) is 7.88. The van der Waals surface area contributed by atoms with Crippen molar-refractivity contribution in [2.24, 2.45) is 0 Å². The van der Waals surface area contributed by atoms with Gasteiger partial charge < -0.3 is 14.4 Å². The third-order valence-corrected chi connectivity index (χ3v) is 14.2. The largest absolute Gasteiger partial charge is 1.00 e. The summed E-state index contributed by atoms with van der Waals surface area (Å²) in [7, 11) is -17.7. The van der Waals surface area contributed by atoms with Gasteiger partial charge in [0.15, 0.2) is 0 Å². The van der Waals surface area contributed by atoms with E-state index < -0.39 is 68.9 Å². The van der Waals surface area contributed by atoms with Crippen LogP contribution in [0.2, 0.25) is 0 Å². The third-order valence-electron chi connectivity index (χ3n) is 10.5. The molecule has 0 bridgehead atoms. The average Bonchev–Trinajstić information content (AvgIpc) is 3.39. The standard InChI is InChI=1S/C36H45ClN2O12S4.K/c1-35(2)28-22-26(54(46,47)48)12-14-30(28)38(18-6-20-52(40,41)42)32(35)16-10-24-8-5-9-25(34(24)37)11-17-33-36(3,4)29-23-27(55(49,50)51)13-15-31(29)39(33)19-7-21-53(43,44)45;/h10-17,22-23,32H,5-9,18-21H2,1-4H3,(H,40,41,42)(H,43,44,45)(H,46,47,48)(H,49,50,51);/q;+1/p-1/b16-10+,25-11+,33-17+;. The second kappa shape index (κ2) is 17.3. The molecule has 1 atom stereocenters. The summed E-state index contributed by atoms with van der Waals surface area (Å²) >= 11 is 7.04. The SMILES string of the molecule is CC1(C)/C(=C\C=C2/CCCC(/C=C/C3N(CCCS(=O)(=O)O)c4ccc(S(=O)(=O)[O-])cc4C3(C)C)=C2Cl)N(CCCS(=O)(=O)O)c2ccc(S(=O)(=O)O)cc21.[K+]. The summed E-state index contributed by atoms with van der Waals surface area (Å²) in [6.07, 6.45) is 9.64. The Balaban J connectivity index is 0.00000696. The van der Waals surface area contributed by atoms with E-state index in [0.29, 0.717) is 46.1 Å². The van der Waals surface area contributed by atoms with Gasteiger partial charge in [-0.15, -0.1) is 0 Å². The van der Waals surface area contributed by atoms with Gasteiger partial charge in [0, 0.05) is 46.0 Å². The number of allylic oxidation sites excluding steroid dienone is 7. The third kappa shape index (κ3) is 10.6. The molecule has 2 aliphatic heterocycles. The Morgan fingerprint density at radius 3 is 1.96 bits per heavy atom. The summed E-state index contributed by atoms with van der Waals surface area (Å²) < 4.78 is 134. The Hall–Kier alpha value is -1.43. The van der Waals surface area contributed by atoms with Gasteiger partial charge in [-0.1, -0.05) is 57.5 Å². The van der Waals surface area contributed by atoms with Crippen molar-refractivity contribution in [1.82, 2.24) is 0 Å². The molecule has 0 radical (unpaired) electrons. The minimum Gasteiger partial charge on any atom is -0.744 e. The molecule has 1 aliphatic carbocycles. The fourth-order valence-corrected chi connectivity index (χ4v) is 10.0. The molecule has 0 spiro atoms. The van der Waals surface area contributed by atoms with Crippen LogP contribution in [0.4, 0.5) is 11.4 Å². The Labute approximate surface area is 377 Å². The van der Waals surface area contributed by atoms with Crippen LogP contribution in [-0.2, 0) is 51.3 Å².